The Morgan fingerprint density at radius 2 is 2.04 bits per heavy atom. The van der Waals surface area contributed by atoms with Crippen molar-refractivity contribution >= 4 is 28.3 Å². The summed E-state index contributed by atoms with van der Waals surface area (Å²) in [7, 11) is 0. The van der Waals surface area contributed by atoms with Gasteiger partial charge < -0.3 is 9.73 Å². The molecule has 0 bridgehead atoms. The Morgan fingerprint density at radius 1 is 1.26 bits per heavy atom. The standard InChI is InChI=1S/C17H18N2O3S/c1-11(2)16(14-8-5-9-23-14)18-15(20)10-19-12-6-3-4-7-13(12)22-17(19)21/h3-9,11,16H,10H2,1-2H3,(H,18,20)/t16-/m1/s1. The summed E-state index contributed by atoms with van der Waals surface area (Å²) in [5.74, 6) is -0.459. The molecule has 0 saturated heterocycles. The van der Waals surface area contributed by atoms with Crippen LogP contribution in [0.2, 0.25) is 0 Å². The monoisotopic (exact) mass is 330 g/mol. The maximum Gasteiger partial charge on any atom is 0.420 e. The van der Waals surface area contributed by atoms with Crippen molar-refractivity contribution in [1.82, 2.24) is 9.88 Å². The van der Waals surface area contributed by atoms with Crippen molar-refractivity contribution in [2.75, 3.05) is 0 Å². The largest absolute Gasteiger partial charge is 0.420 e. The van der Waals surface area contributed by atoms with Crippen LogP contribution in [-0.2, 0) is 11.3 Å². The molecule has 2 aromatic heterocycles. The van der Waals surface area contributed by atoms with Crippen LogP contribution in [0, 0.1) is 5.92 Å². The molecule has 3 aromatic rings. The molecule has 0 fully saturated rings. The summed E-state index contributed by atoms with van der Waals surface area (Å²) < 4.78 is 6.51. The van der Waals surface area contributed by atoms with Crippen molar-refractivity contribution in [3.05, 3.63) is 57.2 Å². The van der Waals surface area contributed by atoms with Gasteiger partial charge in [0.2, 0.25) is 5.91 Å². The number of benzene rings is 1. The maximum absolute atomic E-state index is 12.4. The molecule has 0 radical (unpaired) electrons. The van der Waals surface area contributed by atoms with Gasteiger partial charge in [-0.1, -0.05) is 32.0 Å². The van der Waals surface area contributed by atoms with Gasteiger partial charge in [0.15, 0.2) is 5.58 Å². The van der Waals surface area contributed by atoms with Gasteiger partial charge in [0.1, 0.15) is 6.54 Å². The zero-order valence-electron chi connectivity index (χ0n) is 13.0. The Balaban J connectivity index is 1.81. The van der Waals surface area contributed by atoms with E-state index < -0.39 is 5.76 Å². The SMILES string of the molecule is CC(C)[C@@H](NC(=O)Cn1c(=O)oc2ccccc21)c1cccs1. The molecular formula is C17H18N2O3S. The van der Waals surface area contributed by atoms with Crippen molar-refractivity contribution in [2.24, 2.45) is 5.92 Å². The molecule has 0 aliphatic carbocycles. The lowest BCUT2D eigenvalue weighted by molar-refractivity contribution is -0.122. The molecule has 0 aliphatic rings. The maximum atomic E-state index is 12.4. The molecule has 2 heterocycles. The highest BCUT2D eigenvalue weighted by atomic mass is 32.1. The number of oxazole rings is 1. The van der Waals surface area contributed by atoms with Gasteiger partial charge in [-0.15, -0.1) is 11.3 Å². The second-order valence-corrected chi connectivity index (χ2v) is 6.71. The first kappa shape index (κ1) is 15.6. The first-order chi connectivity index (χ1) is 11.1. The van der Waals surface area contributed by atoms with Crippen LogP contribution >= 0.6 is 11.3 Å². The van der Waals surface area contributed by atoms with E-state index in [4.69, 9.17) is 4.42 Å². The van der Waals surface area contributed by atoms with Crippen LogP contribution in [0.5, 0.6) is 0 Å². The van der Waals surface area contributed by atoms with Gasteiger partial charge >= 0.3 is 5.76 Å². The molecule has 120 valence electrons. The van der Waals surface area contributed by atoms with Crippen molar-refractivity contribution in [3.8, 4) is 0 Å². The third-order valence-electron chi connectivity index (χ3n) is 3.71. The van der Waals surface area contributed by atoms with Crippen molar-refractivity contribution < 1.29 is 9.21 Å². The number of rotatable bonds is 5. The van der Waals surface area contributed by atoms with Crippen LogP contribution < -0.4 is 11.1 Å². The Labute approximate surface area is 137 Å². The predicted molar refractivity (Wildman–Crippen MR) is 90.5 cm³/mol. The fourth-order valence-electron chi connectivity index (χ4n) is 2.56. The quantitative estimate of drug-likeness (QED) is 0.781. The molecule has 3 rings (SSSR count). The van der Waals surface area contributed by atoms with Gasteiger partial charge in [0, 0.05) is 4.88 Å². The van der Waals surface area contributed by atoms with Gasteiger partial charge in [-0.3, -0.25) is 9.36 Å². The predicted octanol–water partition coefficient (Wildman–Crippen LogP) is 3.17. The third-order valence-corrected chi connectivity index (χ3v) is 4.66. The lowest BCUT2D eigenvalue weighted by Crippen LogP contribution is -2.35. The first-order valence-electron chi connectivity index (χ1n) is 7.47. The molecule has 0 aliphatic heterocycles. The average molecular weight is 330 g/mol. The molecular weight excluding hydrogens is 312 g/mol. The fraction of sp³-hybridized carbons (Fsp3) is 0.294. The minimum absolute atomic E-state index is 0.0511. The number of nitrogens with zero attached hydrogens (tertiary/aromatic N) is 1. The summed E-state index contributed by atoms with van der Waals surface area (Å²) in [6, 6.07) is 11.0. The number of fused-ring (bicyclic) bond motifs is 1. The van der Waals surface area contributed by atoms with E-state index in [1.54, 1.807) is 29.5 Å². The number of amides is 1. The minimum atomic E-state index is -0.515. The minimum Gasteiger partial charge on any atom is -0.408 e. The van der Waals surface area contributed by atoms with E-state index in [0.29, 0.717) is 11.1 Å². The first-order valence-corrected chi connectivity index (χ1v) is 8.35. The number of para-hydroxylation sites is 2. The van der Waals surface area contributed by atoms with Gasteiger partial charge in [-0.2, -0.15) is 0 Å². The van der Waals surface area contributed by atoms with E-state index in [1.807, 2.05) is 23.6 Å². The number of hydrogen-bond donors (Lipinski definition) is 1. The summed E-state index contributed by atoms with van der Waals surface area (Å²) in [4.78, 5) is 25.5. The lowest BCUT2D eigenvalue weighted by atomic mass is 10.0. The van der Waals surface area contributed by atoms with Crippen molar-refractivity contribution in [3.63, 3.8) is 0 Å². The number of carbonyl (C=O) groups is 1. The van der Waals surface area contributed by atoms with Gasteiger partial charge in [-0.05, 0) is 29.5 Å². The van der Waals surface area contributed by atoms with Crippen LogP contribution in [0.15, 0.2) is 51.0 Å². The third kappa shape index (κ3) is 3.22. The number of hydrogen-bond acceptors (Lipinski definition) is 4. The second-order valence-electron chi connectivity index (χ2n) is 5.73. The topological polar surface area (TPSA) is 64.2 Å². The van der Waals surface area contributed by atoms with E-state index in [2.05, 4.69) is 19.2 Å². The molecule has 1 N–H and O–H groups in total. The molecule has 0 spiro atoms. The molecule has 1 atom stereocenters. The Hall–Kier alpha value is -2.34. The second kappa shape index (κ2) is 6.42. The average Bonchev–Trinajstić information content (AvgIpc) is 3.14. The van der Waals surface area contributed by atoms with Gasteiger partial charge in [0.25, 0.3) is 0 Å². The Morgan fingerprint density at radius 3 is 2.74 bits per heavy atom. The lowest BCUT2D eigenvalue weighted by Gasteiger charge is -2.21. The molecule has 1 aromatic carbocycles. The number of thiophene rings is 1. The van der Waals surface area contributed by atoms with Crippen LogP contribution in [-0.4, -0.2) is 10.5 Å². The smallest absolute Gasteiger partial charge is 0.408 e. The highest BCUT2D eigenvalue weighted by Gasteiger charge is 2.20. The number of nitrogens with one attached hydrogen (secondary N) is 1. The molecule has 23 heavy (non-hydrogen) atoms. The van der Waals surface area contributed by atoms with Gasteiger partial charge in [0.05, 0.1) is 11.6 Å². The molecule has 1 amide bonds. The normalized spacial score (nSPS) is 12.7. The summed E-state index contributed by atoms with van der Waals surface area (Å²) in [6.45, 7) is 4.07. The zero-order chi connectivity index (χ0) is 16.4. The summed E-state index contributed by atoms with van der Waals surface area (Å²) >= 11 is 1.61. The van der Waals surface area contributed by atoms with E-state index in [0.717, 1.165) is 4.88 Å². The van der Waals surface area contributed by atoms with Crippen LogP contribution in [0.25, 0.3) is 11.1 Å². The van der Waals surface area contributed by atoms with Gasteiger partial charge in [-0.25, -0.2) is 4.79 Å². The van der Waals surface area contributed by atoms with E-state index in [9.17, 15) is 9.59 Å². The summed E-state index contributed by atoms with van der Waals surface area (Å²) in [5, 5.41) is 5.01. The molecule has 0 saturated carbocycles. The van der Waals surface area contributed by atoms with Crippen LogP contribution in [0.1, 0.15) is 24.8 Å². The van der Waals surface area contributed by atoms with E-state index in [-0.39, 0.29) is 24.4 Å². The van der Waals surface area contributed by atoms with Crippen LogP contribution in [0.3, 0.4) is 0 Å². The molecule has 6 heteroatoms. The van der Waals surface area contributed by atoms with Crippen LogP contribution in [0.4, 0.5) is 0 Å². The zero-order valence-corrected chi connectivity index (χ0v) is 13.8. The van der Waals surface area contributed by atoms with Crippen molar-refractivity contribution in [1.29, 1.82) is 0 Å². The molecule has 0 unspecified atom stereocenters. The summed E-state index contributed by atoms with van der Waals surface area (Å²) in [6.07, 6.45) is 0. The highest BCUT2D eigenvalue weighted by molar-refractivity contribution is 7.10. The highest BCUT2D eigenvalue weighted by Crippen LogP contribution is 2.25. The van der Waals surface area contributed by atoms with E-state index >= 15 is 0 Å². The Kier molecular flexibility index (Phi) is 4.34. The fourth-order valence-corrected chi connectivity index (χ4v) is 3.51. The number of carbonyl (C=O) groups excluding carboxylic acids is 1. The van der Waals surface area contributed by atoms with E-state index in [1.165, 1.54) is 4.57 Å². The Bertz CT molecular complexity index is 861. The summed E-state index contributed by atoms with van der Waals surface area (Å²) in [5.41, 5.74) is 1.12. The molecule has 5 nitrogen and oxygen atoms in total. The number of aromatic nitrogens is 1. The van der Waals surface area contributed by atoms with Crippen molar-refractivity contribution in [2.45, 2.75) is 26.4 Å².